The Bertz CT molecular complexity index is 584. The first-order valence-corrected chi connectivity index (χ1v) is 5.82. The zero-order valence-corrected chi connectivity index (χ0v) is 10.2. The Kier molecular flexibility index (Phi) is 4.10. The van der Waals surface area contributed by atoms with Gasteiger partial charge in [0, 0.05) is 6.54 Å². The van der Waals surface area contributed by atoms with E-state index in [1.165, 1.54) is 6.07 Å². The fourth-order valence-corrected chi connectivity index (χ4v) is 1.68. The van der Waals surface area contributed by atoms with Crippen molar-refractivity contribution in [3.63, 3.8) is 0 Å². The largest absolute Gasteiger partial charge is 0.477 e. The lowest BCUT2D eigenvalue weighted by Gasteiger charge is -2.07. The molecule has 1 heterocycles. The minimum Gasteiger partial charge on any atom is -0.477 e. The molecule has 0 fully saturated rings. The van der Waals surface area contributed by atoms with Crippen molar-refractivity contribution in [1.82, 2.24) is 4.98 Å². The molecule has 0 aliphatic rings. The lowest BCUT2D eigenvalue weighted by molar-refractivity contribution is 0.0690. The Morgan fingerprint density at radius 2 is 1.89 bits per heavy atom. The molecule has 5 heteroatoms. The van der Waals surface area contributed by atoms with E-state index in [9.17, 15) is 4.79 Å². The Balaban J connectivity index is 2.05. The second-order valence-corrected chi connectivity index (χ2v) is 4.04. The van der Waals surface area contributed by atoms with Crippen molar-refractivity contribution in [3.8, 4) is 0 Å². The summed E-state index contributed by atoms with van der Waals surface area (Å²) in [6, 6.07) is 12.3. The number of carbonyl (C=O) groups is 1. The third kappa shape index (κ3) is 3.53. The predicted molar refractivity (Wildman–Crippen MR) is 70.9 cm³/mol. The van der Waals surface area contributed by atoms with Crippen LogP contribution in [0.5, 0.6) is 0 Å². The number of carboxylic acids is 1. The summed E-state index contributed by atoms with van der Waals surface area (Å²) >= 11 is 0. The number of nitrogens with zero attached hydrogens (tertiary/aromatic N) is 1. The molecular weight excluding hydrogens is 244 g/mol. The van der Waals surface area contributed by atoms with Crippen LogP contribution < -0.4 is 5.32 Å². The van der Waals surface area contributed by atoms with Gasteiger partial charge in [0.1, 0.15) is 5.82 Å². The Morgan fingerprint density at radius 3 is 2.63 bits per heavy atom. The van der Waals surface area contributed by atoms with Crippen LogP contribution in [0.1, 0.15) is 21.6 Å². The van der Waals surface area contributed by atoms with Crippen molar-refractivity contribution >= 4 is 11.8 Å². The van der Waals surface area contributed by atoms with E-state index in [1.54, 1.807) is 12.1 Å². The highest BCUT2D eigenvalue weighted by Crippen LogP contribution is 2.09. The van der Waals surface area contributed by atoms with E-state index < -0.39 is 5.97 Å². The first kappa shape index (κ1) is 13.0. The van der Waals surface area contributed by atoms with Gasteiger partial charge in [-0.2, -0.15) is 0 Å². The van der Waals surface area contributed by atoms with E-state index in [-0.39, 0.29) is 12.3 Å². The van der Waals surface area contributed by atoms with Crippen molar-refractivity contribution in [1.29, 1.82) is 0 Å². The zero-order chi connectivity index (χ0) is 13.7. The molecule has 0 saturated carbocycles. The maximum Gasteiger partial charge on any atom is 0.354 e. The van der Waals surface area contributed by atoms with Gasteiger partial charge in [0.25, 0.3) is 0 Å². The number of hydrogen-bond donors (Lipinski definition) is 3. The number of aliphatic hydroxyl groups is 1. The zero-order valence-electron chi connectivity index (χ0n) is 10.2. The number of hydrogen-bond acceptors (Lipinski definition) is 4. The molecule has 0 aliphatic heterocycles. The molecule has 1 aromatic heterocycles. The number of nitrogens with one attached hydrogen (secondary N) is 1. The monoisotopic (exact) mass is 258 g/mol. The summed E-state index contributed by atoms with van der Waals surface area (Å²) in [4.78, 5) is 14.8. The fourth-order valence-electron chi connectivity index (χ4n) is 1.68. The van der Waals surface area contributed by atoms with E-state index in [2.05, 4.69) is 10.3 Å². The normalized spacial score (nSPS) is 10.2. The standard InChI is InChI=1S/C14H14N2O3/c17-9-11-4-1-3-10(7-11)8-15-13-6-2-5-12(16-13)14(18)19/h1-7,17H,8-9H2,(H,15,16)(H,18,19). The van der Waals surface area contributed by atoms with Crippen LogP contribution in [0.15, 0.2) is 42.5 Å². The van der Waals surface area contributed by atoms with Gasteiger partial charge in [-0.3, -0.25) is 0 Å². The highest BCUT2D eigenvalue weighted by Gasteiger charge is 2.04. The van der Waals surface area contributed by atoms with E-state index >= 15 is 0 Å². The number of anilines is 1. The Labute approximate surface area is 110 Å². The third-order valence-corrected chi connectivity index (χ3v) is 2.62. The van der Waals surface area contributed by atoms with Gasteiger partial charge in [-0.25, -0.2) is 9.78 Å². The van der Waals surface area contributed by atoms with Crippen molar-refractivity contribution < 1.29 is 15.0 Å². The van der Waals surface area contributed by atoms with Crippen molar-refractivity contribution in [2.75, 3.05) is 5.32 Å². The van der Waals surface area contributed by atoms with Crippen LogP contribution in [-0.4, -0.2) is 21.2 Å². The highest BCUT2D eigenvalue weighted by atomic mass is 16.4. The van der Waals surface area contributed by atoms with Crippen LogP contribution in [-0.2, 0) is 13.2 Å². The van der Waals surface area contributed by atoms with Gasteiger partial charge in [0.15, 0.2) is 5.69 Å². The SMILES string of the molecule is O=C(O)c1cccc(NCc2cccc(CO)c2)n1. The van der Waals surface area contributed by atoms with Crippen molar-refractivity contribution in [2.45, 2.75) is 13.2 Å². The molecule has 0 spiro atoms. The number of aromatic carboxylic acids is 1. The molecular formula is C14H14N2O3. The summed E-state index contributed by atoms with van der Waals surface area (Å²) < 4.78 is 0. The van der Waals surface area contributed by atoms with Gasteiger partial charge in [-0.15, -0.1) is 0 Å². The van der Waals surface area contributed by atoms with Crippen LogP contribution >= 0.6 is 0 Å². The average Bonchev–Trinajstić information content (AvgIpc) is 2.45. The first-order chi connectivity index (χ1) is 9.19. The number of carboxylic acid groups (broad SMARTS) is 1. The van der Waals surface area contributed by atoms with Gasteiger partial charge in [-0.05, 0) is 23.3 Å². The Hall–Kier alpha value is -2.40. The fraction of sp³-hybridized carbons (Fsp3) is 0.143. The molecule has 1 aromatic carbocycles. The van der Waals surface area contributed by atoms with E-state index in [4.69, 9.17) is 10.2 Å². The summed E-state index contributed by atoms with van der Waals surface area (Å²) in [5.41, 5.74) is 1.84. The molecule has 19 heavy (non-hydrogen) atoms. The third-order valence-electron chi connectivity index (χ3n) is 2.62. The summed E-state index contributed by atoms with van der Waals surface area (Å²) in [5, 5.41) is 20.9. The van der Waals surface area contributed by atoms with Crippen LogP contribution in [0, 0.1) is 0 Å². The average molecular weight is 258 g/mol. The van der Waals surface area contributed by atoms with Gasteiger partial charge >= 0.3 is 5.97 Å². The molecule has 0 aliphatic carbocycles. The number of aromatic nitrogens is 1. The summed E-state index contributed by atoms with van der Waals surface area (Å²) in [7, 11) is 0. The quantitative estimate of drug-likeness (QED) is 0.762. The van der Waals surface area contributed by atoms with E-state index in [0.717, 1.165) is 11.1 Å². The molecule has 98 valence electrons. The molecule has 5 nitrogen and oxygen atoms in total. The summed E-state index contributed by atoms with van der Waals surface area (Å²) in [5.74, 6) is -0.541. The smallest absolute Gasteiger partial charge is 0.354 e. The van der Waals surface area contributed by atoms with Crippen LogP contribution in [0.25, 0.3) is 0 Å². The van der Waals surface area contributed by atoms with Gasteiger partial charge in [-0.1, -0.05) is 30.3 Å². The molecule has 0 bridgehead atoms. The summed E-state index contributed by atoms with van der Waals surface area (Å²) in [6.07, 6.45) is 0. The topological polar surface area (TPSA) is 82.5 Å². The maximum atomic E-state index is 10.8. The number of pyridine rings is 1. The molecule has 0 radical (unpaired) electrons. The Morgan fingerprint density at radius 1 is 1.16 bits per heavy atom. The molecule has 0 atom stereocenters. The second kappa shape index (κ2) is 5.97. The van der Waals surface area contributed by atoms with Crippen LogP contribution in [0.3, 0.4) is 0 Å². The van der Waals surface area contributed by atoms with Crippen molar-refractivity contribution in [3.05, 3.63) is 59.3 Å². The number of rotatable bonds is 5. The van der Waals surface area contributed by atoms with Gasteiger partial charge in [0.05, 0.1) is 6.61 Å². The first-order valence-electron chi connectivity index (χ1n) is 5.82. The van der Waals surface area contributed by atoms with Crippen LogP contribution in [0.4, 0.5) is 5.82 Å². The molecule has 3 N–H and O–H groups in total. The summed E-state index contributed by atoms with van der Waals surface area (Å²) in [6.45, 7) is 0.518. The van der Waals surface area contributed by atoms with Gasteiger partial charge in [0.2, 0.25) is 0 Å². The molecule has 0 unspecified atom stereocenters. The molecule has 2 aromatic rings. The molecule has 0 amide bonds. The van der Waals surface area contributed by atoms with Crippen molar-refractivity contribution in [2.24, 2.45) is 0 Å². The van der Waals surface area contributed by atoms with E-state index in [0.29, 0.717) is 12.4 Å². The number of aliphatic hydroxyl groups excluding tert-OH is 1. The lowest BCUT2D eigenvalue weighted by Crippen LogP contribution is -2.05. The number of benzene rings is 1. The molecule has 0 saturated heterocycles. The predicted octanol–water partition coefficient (Wildman–Crippen LogP) is 1.88. The minimum absolute atomic E-state index is 0.000585. The van der Waals surface area contributed by atoms with E-state index in [1.807, 2.05) is 24.3 Å². The highest BCUT2D eigenvalue weighted by molar-refractivity contribution is 5.85. The lowest BCUT2D eigenvalue weighted by atomic mass is 10.1. The van der Waals surface area contributed by atoms with Gasteiger partial charge < -0.3 is 15.5 Å². The molecule has 2 rings (SSSR count). The van der Waals surface area contributed by atoms with Crippen LogP contribution in [0.2, 0.25) is 0 Å². The minimum atomic E-state index is -1.05. The second-order valence-electron chi connectivity index (χ2n) is 4.04. The maximum absolute atomic E-state index is 10.8.